The molecule has 0 spiro atoms. The fourth-order valence-corrected chi connectivity index (χ4v) is 2.63. The van der Waals surface area contributed by atoms with E-state index in [9.17, 15) is 4.79 Å². The van der Waals surface area contributed by atoms with Gasteiger partial charge in [0.2, 0.25) is 0 Å². The lowest BCUT2D eigenvalue weighted by molar-refractivity contribution is 0.0955. The minimum atomic E-state index is -0.217. The van der Waals surface area contributed by atoms with E-state index in [1.54, 1.807) is 29.7 Å². The van der Waals surface area contributed by atoms with Gasteiger partial charge < -0.3 is 0 Å². The van der Waals surface area contributed by atoms with Crippen molar-refractivity contribution >= 4 is 23.5 Å². The van der Waals surface area contributed by atoms with Gasteiger partial charge in [0.05, 0.1) is 6.21 Å². The van der Waals surface area contributed by atoms with Crippen molar-refractivity contribution in [3.8, 4) is 11.1 Å². The summed E-state index contributed by atoms with van der Waals surface area (Å²) in [5.74, 6) is -0.217. The Morgan fingerprint density at radius 3 is 2.36 bits per heavy atom. The second kappa shape index (κ2) is 6.83. The Morgan fingerprint density at radius 2 is 1.68 bits per heavy atom. The van der Waals surface area contributed by atoms with Crippen molar-refractivity contribution in [1.29, 1.82) is 0 Å². The van der Waals surface area contributed by atoms with Gasteiger partial charge in [-0.2, -0.15) is 16.4 Å². The Balaban J connectivity index is 1.66. The van der Waals surface area contributed by atoms with Gasteiger partial charge in [-0.15, -0.1) is 0 Å². The second-order valence-corrected chi connectivity index (χ2v) is 5.48. The first-order valence-corrected chi connectivity index (χ1v) is 7.78. The third-order valence-corrected chi connectivity index (χ3v) is 3.88. The first-order valence-electron chi connectivity index (χ1n) is 6.84. The number of thiophene rings is 1. The topological polar surface area (TPSA) is 41.5 Å². The lowest BCUT2D eigenvalue weighted by Crippen LogP contribution is -2.17. The maximum atomic E-state index is 12.0. The molecule has 3 nitrogen and oxygen atoms in total. The fraction of sp³-hybridized carbons (Fsp3) is 0. The molecule has 22 heavy (non-hydrogen) atoms. The monoisotopic (exact) mass is 306 g/mol. The van der Waals surface area contributed by atoms with Crippen LogP contribution in [0.2, 0.25) is 0 Å². The molecule has 1 N–H and O–H groups in total. The summed E-state index contributed by atoms with van der Waals surface area (Å²) in [6.07, 6.45) is 1.63. The van der Waals surface area contributed by atoms with Crippen molar-refractivity contribution < 1.29 is 4.79 Å². The standard InChI is InChI=1S/C18H14N2OS/c21-18(20-19-12-14-10-11-22-13-14)17-8-6-16(7-9-17)15-4-2-1-3-5-15/h1-13H,(H,20,21)/b19-12+. The number of benzene rings is 2. The minimum Gasteiger partial charge on any atom is -0.267 e. The zero-order chi connectivity index (χ0) is 15.2. The van der Waals surface area contributed by atoms with Crippen LogP contribution in [0.25, 0.3) is 11.1 Å². The smallest absolute Gasteiger partial charge is 0.267 e. The predicted molar refractivity (Wildman–Crippen MR) is 91.3 cm³/mol. The molecule has 0 bridgehead atoms. The zero-order valence-corrected chi connectivity index (χ0v) is 12.6. The number of carbonyl (C=O) groups excluding carboxylic acids is 1. The molecule has 0 aliphatic carbocycles. The number of nitrogens with zero attached hydrogens (tertiary/aromatic N) is 1. The molecule has 3 aromatic rings. The molecular weight excluding hydrogens is 292 g/mol. The van der Waals surface area contributed by atoms with Crippen LogP contribution in [0.3, 0.4) is 0 Å². The summed E-state index contributed by atoms with van der Waals surface area (Å²) in [6.45, 7) is 0. The van der Waals surface area contributed by atoms with Crippen molar-refractivity contribution in [3.63, 3.8) is 0 Å². The van der Waals surface area contributed by atoms with E-state index < -0.39 is 0 Å². The molecule has 0 saturated carbocycles. The molecule has 4 heteroatoms. The van der Waals surface area contributed by atoms with Crippen molar-refractivity contribution in [2.75, 3.05) is 0 Å². The number of carbonyl (C=O) groups is 1. The SMILES string of the molecule is O=C(N/N=C/c1ccsc1)c1ccc(-c2ccccc2)cc1. The Morgan fingerprint density at radius 1 is 0.955 bits per heavy atom. The number of nitrogens with one attached hydrogen (secondary N) is 1. The van der Waals surface area contributed by atoms with Crippen LogP contribution in [0.15, 0.2) is 76.5 Å². The van der Waals surface area contributed by atoms with Crippen LogP contribution in [0.1, 0.15) is 15.9 Å². The Bertz CT molecular complexity index is 763. The maximum Gasteiger partial charge on any atom is 0.271 e. The van der Waals surface area contributed by atoms with Gasteiger partial charge in [-0.3, -0.25) is 4.79 Å². The molecule has 0 aliphatic rings. The van der Waals surface area contributed by atoms with Crippen LogP contribution >= 0.6 is 11.3 Å². The van der Waals surface area contributed by atoms with E-state index >= 15 is 0 Å². The zero-order valence-electron chi connectivity index (χ0n) is 11.8. The molecule has 0 saturated heterocycles. The molecule has 1 heterocycles. The molecule has 1 aromatic heterocycles. The molecule has 1 amide bonds. The van der Waals surface area contributed by atoms with Crippen molar-refractivity contribution in [2.45, 2.75) is 0 Å². The Kier molecular flexibility index (Phi) is 4.41. The number of amides is 1. The van der Waals surface area contributed by atoms with Crippen LogP contribution in [0.5, 0.6) is 0 Å². The number of rotatable bonds is 4. The fourth-order valence-electron chi connectivity index (χ4n) is 2.02. The first kappa shape index (κ1) is 14.2. The lowest BCUT2D eigenvalue weighted by Gasteiger charge is -2.03. The number of hydrazone groups is 1. The molecule has 2 aromatic carbocycles. The normalized spacial score (nSPS) is 10.7. The molecule has 0 atom stereocenters. The van der Waals surface area contributed by atoms with Gasteiger partial charge in [0.1, 0.15) is 0 Å². The van der Waals surface area contributed by atoms with E-state index in [4.69, 9.17) is 0 Å². The van der Waals surface area contributed by atoms with Crippen LogP contribution in [0.4, 0.5) is 0 Å². The molecule has 0 unspecified atom stereocenters. The van der Waals surface area contributed by atoms with Gasteiger partial charge >= 0.3 is 0 Å². The molecule has 0 fully saturated rings. The van der Waals surface area contributed by atoms with Gasteiger partial charge in [-0.05, 0) is 40.1 Å². The summed E-state index contributed by atoms with van der Waals surface area (Å²) in [6, 6.07) is 19.5. The van der Waals surface area contributed by atoms with E-state index in [2.05, 4.69) is 10.5 Å². The quantitative estimate of drug-likeness (QED) is 0.570. The lowest BCUT2D eigenvalue weighted by atomic mass is 10.0. The highest BCUT2D eigenvalue weighted by atomic mass is 32.1. The predicted octanol–water partition coefficient (Wildman–Crippen LogP) is 4.18. The molecule has 0 aliphatic heterocycles. The third-order valence-electron chi connectivity index (χ3n) is 3.18. The highest BCUT2D eigenvalue weighted by Gasteiger charge is 2.04. The van der Waals surface area contributed by atoms with Crippen molar-refractivity contribution in [1.82, 2.24) is 5.43 Å². The van der Waals surface area contributed by atoms with Gasteiger partial charge in [0.25, 0.3) is 5.91 Å². The van der Waals surface area contributed by atoms with Crippen LogP contribution < -0.4 is 5.43 Å². The van der Waals surface area contributed by atoms with Crippen molar-refractivity contribution in [2.24, 2.45) is 5.10 Å². The third kappa shape index (κ3) is 3.48. The highest BCUT2D eigenvalue weighted by Crippen LogP contribution is 2.19. The van der Waals surface area contributed by atoms with Crippen molar-refractivity contribution in [3.05, 3.63) is 82.6 Å². The first-order chi connectivity index (χ1) is 10.8. The van der Waals surface area contributed by atoms with Gasteiger partial charge in [0, 0.05) is 11.1 Å². The van der Waals surface area contributed by atoms with Gasteiger partial charge in [-0.25, -0.2) is 5.43 Å². The summed E-state index contributed by atoms with van der Waals surface area (Å²) in [7, 11) is 0. The Hall–Kier alpha value is -2.72. The van der Waals surface area contributed by atoms with Crippen LogP contribution in [-0.2, 0) is 0 Å². The van der Waals surface area contributed by atoms with Gasteiger partial charge in [-0.1, -0.05) is 42.5 Å². The van der Waals surface area contributed by atoms with E-state index in [0.717, 1.165) is 16.7 Å². The Labute approximate surface area is 132 Å². The van der Waals surface area contributed by atoms with Gasteiger partial charge in [0.15, 0.2) is 0 Å². The molecular formula is C18H14N2OS. The second-order valence-electron chi connectivity index (χ2n) is 4.70. The average molecular weight is 306 g/mol. The number of hydrogen-bond acceptors (Lipinski definition) is 3. The minimum absolute atomic E-state index is 0.217. The van der Waals surface area contributed by atoms with Crippen LogP contribution in [0, 0.1) is 0 Å². The maximum absolute atomic E-state index is 12.0. The van der Waals surface area contributed by atoms with E-state index in [1.165, 1.54) is 0 Å². The summed E-state index contributed by atoms with van der Waals surface area (Å²) in [5.41, 5.74) is 6.31. The largest absolute Gasteiger partial charge is 0.271 e. The summed E-state index contributed by atoms with van der Waals surface area (Å²) >= 11 is 1.59. The summed E-state index contributed by atoms with van der Waals surface area (Å²) in [4.78, 5) is 12.0. The van der Waals surface area contributed by atoms with E-state index in [-0.39, 0.29) is 5.91 Å². The van der Waals surface area contributed by atoms with Crippen LogP contribution in [-0.4, -0.2) is 12.1 Å². The molecule has 3 rings (SSSR count). The summed E-state index contributed by atoms with van der Waals surface area (Å²) in [5, 5.41) is 7.88. The van der Waals surface area contributed by atoms with E-state index in [0.29, 0.717) is 5.56 Å². The molecule has 108 valence electrons. The summed E-state index contributed by atoms with van der Waals surface area (Å²) < 4.78 is 0. The molecule has 0 radical (unpaired) electrons. The average Bonchev–Trinajstić information content (AvgIpc) is 3.09. The van der Waals surface area contributed by atoms with E-state index in [1.807, 2.05) is 59.3 Å². The number of hydrogen-bond donors (Lipinski definition) is 1. The highest BCUT2D eigenvalue weighted by molar-refractivity contribution is 7.08.